The molecule has 1 aliphatic heterocycles. The largest absolute Gasteiger partial charge is 0.444 e. The summed E-state index contributed by atoms with van der Waals surface area (Å²) < 4.78 is 7.56. The normalized spacial score (nSPS) is 14.4. The first-order chi connectivity index (χ1) is 15.0. The lowest BCUT2D eigenvalue weighted by atomic mass is 10.0. The van der Waals surface area contributed by atoms with Gasteiger partial charge in [0.25, 0.3) is 0 Å². The number of ether oxygens (including phenoxy) is 1. The summed E-state index contributed by atoms with van der Waals surface area (Å²) >= 11 is 0. The van der Waals surface area contributed by atoms with E-state index in [2.05, 4.69) is 26.0 Å². The van der Waals surface area contributed by atoms with Gasteiger partial charge in [0, 0.05) is 11.1 Å². The average molecular weight is 435 g/mol. The minimum atomic E-state index is -1.03. The molecule has 2 aromatic carbocycles. The molecule has 1 atom stereocenters. The number of carbonyl (C=O) groups is 1. The molecule has 32 heavy (non-hydrogen) atoms. The molecule has 0 saturated carbocycles. The highest BCUT2D eigenvalue weighted by molar-refractivity contribution is 5.73. The molecule has 3 aromatic rings. The number of amides is 1. The number of hydrogen-bond donors (Lipinski definition) is 2. The molecule has 168 valence electrons. The third-order valence-corrected chi connectivity index (χ3v) is 5.58. The first-order valence-electron chi connectivity index (χ1n) is 10.7. The number of rotatable bonds is 3. The van der Waals surface area contributed by atoms with Crippen LogP contribution in [0.4, 0.5) is 4.79 Å². The molecule has 1 unspecified atom stereocenters. The number of aliphatic hydroxyl groups is 1. The maximum atomic E-state index is 12.7. The number of nitrogens with zero attached hydrogens (tertiary/aromatic N) is 3. The van der Waals surface area contributed by atoms with Crippen molar-refractivity contribution in [2.24, 2.45) is 5.73 Å². The SMILES string of the molecule is Cc1cccc(C)c1-n1nc2c(c1-c1ccc(C(N)O)cc1)CN(C(=O)OC(C)(C)C)C2. The summed E-state index contributed by atoms with van der Waals surface area (Å²) in [6, 6.07) is 13.7. The molecular formula is C25H30N4O3. The van der Waals surface area contributed by atoms with Crippen molar-refractivity contribution in [2.45, 2.75) is 59.5 Å². The number of carbonyl (C=O) groups excluding carboxylic acids is 1. The summed E-state index contributed by atoms with van der Waals surface area (Å²) in [5, 5.41) is 14.6. The van der Waals surface area contributed by atoms with Crippen LogP contribution in [-0.4, -0.2) is 31.5 Å². The number of para-hydroxylation sites is 1. The van der Waals surface area contributed by atoms with E-state index in [0.29, 0.717) is 18.7 Å². The van der Waals surface area contributed by atoms with E-state index in [9.17, 15) is 9.90 Å². The molecule has 0 bridgehead atoms. The van der Waals surface area contributed by atoms with E-state index in [4.69, 9.17) is 15.6 Å². The van der Waals surface area contributed by atoms with E-state index in [1.165, 1.54) is 0 Å². The third kappa shape index (κ3) is 4.13. The van der Waals surface area contributed by atoms with Crippen LogP contribution in [0.15, 0.2) is 42.5 Å². The van der Waals surface area contributed by atoms with Gasteiger partial charge in [-0.25, -0.2) is 9.48 Å². The second-order valence-electron chi connectivity index (χ2n) is 9.33. The van der Waals surface area contributed by atoms with Crippen LogP contribution < -0.4 is 5.73 Å². The van der Waals surface area contributed by atoms with Crippen molar-refractivity contribution in [1.82, 2.24) is 14.7 Å². The number of fused-ring (bicyclic) bond motifs is 1. The summed E-state index contributed by atoms with van der Waals surface area (Å²) in [5.74, 6) is 0. The standard InChI is InChI=1S/C25H30N4O3/c1-15-7-6-8-16(2)21(15)29-22(17-9-11-18(12-10-17)23(26)30)19-13-28(14-20(19)27-29)24(31)32-25(3,4)5/h6-12,23,30H,13-14,26H2,1-5H3. The van der Waals surface area contributed by atoms with Crippen molar-refractivity contribution in [2.75, 3.05) is 0 Å². The number of hydrogen-bond acceptors (Lipinski definition) is 5. The maximum Gasteiger partial charge on any atom is 0.410 e. The first kappa shape index (κ1) is 22.0. The molecule has 1 aliphatic rings. The van der Waals surface area contributed by atoms with Crippen molar-refractivity contribution in [3.63, 3.8) is 0 Å². The van der Waals surface area contributed by atoms with Crippen LogP contribution in [-0.2, 0) is 17.8 Å². The van der Waals surface area contributed by atoms with E-state index < -0.39 is 11.8 Å². The molecule has 7 heteroatoms. The lowest BCUT2D eigenvalue weighted by molar-refractivity contribution is 0.0239. The fourth-order valence-electron chi connectivity index (χ4n) is 4.11. The summed E-state index contributed by atoms with van der Waals surface area (Å²) in [6.07, 6.45) is -1.37. The zero-order chi connectivity index (χ0) is 23.2. The van der Waals surface area contributed by atoms with Crippen LogP contribution in [0, 0.1) is 13.8 Å². The van der Waals surface area contributed by atoms with Crippen LogP contribution >= 0.6 is 0 Å². The van der Waals surface area contributed by atoms with Gasteiger partial charge in [-0.15, -0.1) is 0 Å². The van der Waals surface area contributed by atoms with Gasteiger partial charge in [0.2, 0.25) is 0 Å². The van der Waals surface area contributed by atoms with Gasteiger partial charge in [-0.05, 0) is 51.3 Å². The van der Waals surface area contributed by atoms with Crippen LogP contribution in [0.25, 0.3) is 16.9 Å². The topological polar surface area (TPSA) is 93.6 Å². The second kappa shape index (κ2) is 8.07. The number of benzene rings is 2. The summed E-state index contributed by atoms with van der Waals surface area (Å²) in [7, 11) is 0. The van der Waals surface area contributed by atoms with E-state index in [0.717, 1.165) is 39.3 Å². The zero-order valence-electron chi connectivity index (χ0n) is 19.2. The first-order valence-corrected chi connectivity index (χ1v) is 10.7. The van der Waals surface area contributed by atoms with Crippen molar-refractivity contribution >= 4 is 6.09 Å². The van der Waals surface area contributed by atoms with Gasteiger partial charge in [-0.3, -0.25) is 4.90 Å². The number of aryl methyl sites for hydroxylation is 2. The molecule has 0 saturated heterocycles. The van der Waals surface area contributed by atoms with E-state index in [1.54, 1.807) is 4.90 Å². The van der Waals surface area contributed by atoms with Gasteiger partial charge < -0.3 is 15.6 Å². The van der Waals surface area contributed by atoms with E-state index in [-0.39, 0.29) is 6.09 Å². The maximum absolute atomic E-state index is 12.7. The van der Waals surface area contributed by atoms with Gasteiger partial charge >= 0.3 is 6.09 Å². The minimum Gasteiger partial charge on any atom is -0.444 e. The third-order valence-electron chi connectivity index (χ3n) is 5.58. The van der Waals surface area contributed by atoms with Gasteiger partial charge in [0.15, 0.2) is 0 Å². The molecule has 1 amide bonds. The number of aliphatic hydroxyl groups excluding tert-OH is 1. The van der Waals surface area contributed by atoms with E-state index in [1.807, 2.05) is 55.8 Å². The lowest BCUT2D eigenvalue weighted by Crippen LogP contribution is -2.33. The Hall–Kier alpha value is -3.16. The fraction of sp³-hybridized carbons (Fsp3) is 0.360. The zero-order valence-corrected chi connectivity index (χ0v) is 19.2. The van der Waals surface area contributed by atoms with Crippen molar-refractivity contribution in [3.8, 4) is 16.9 Å². The van der Waals surface area contributed by atoms with Crippen LogP contribution in [0.1, 0.15) is 54.9 Å². The Morgan fingerprint density at radius 3 is 2.28 bits per heavy atom. The molecule has 7 nitrogen and oxygen atoms in total. The summed E-state index contributed by atoms with van der Waals surface area (Å²) in [4.78, 5) is 14.4. The Bertz CT molecular complexity index is 1140. The molecule has 0 aliphatic carbocycles. The molecule has 1 aromatic heterocycles. The Morgan fingerprint density at radius 2 is 1.72 bits per heavy atom. The van der Waals surface area contributed by atoms with Crippen LogP contribution in [0.5, 0.6) is 0 Å². The molecule has 4 rings (SSSR count). The Kier molecular flexibility index (Phi) is 5.56. The highest BCUT2D eigenvalue weighted by atomic mass is 16.6. The predicted octanol–water partition coefficient (Wildman–Crippen LogP) is 4.36. The molecule has 3 N–H and O–H groups in total. The number of aromatic nitrogens is 2. The van der Waals surface area contributed by atoms with Crippen molar-refractivity contribution in [1.29, 1.82) is 0 Å². The average Bonchev–Trinajstić information content (AvgIpc) is 3.25. The molecule has 0 fully saturated rings. The fourth-order valence-corrected chi connectivity index (χ4v) is 4.11. The Morgan fingerprint density at radius 1 is 1.09 bits per heavy atom. The highest BCUT2D eigenvalue weighted by Crippen LogP contribution is 2.36. The second-order valence-corrected chi connectivity index (χ2v) is 9.33. The van der Waals surface area contributed by atoms with Crippen molar-refractivity contribution < 1.29 is 14.6 Å². The lowest BCUT2D eigenvalue weighted by Gasteiger charge is -2.24. The Balaban J connectivity index is 1.81. The number of nitrogens with two attached hydrogens (primary N) is 1. The van der Waals surface area contributed by atoms with Gasteiger partial charge in [-0.1, -0.05) is 42.5 Å². The monoisotopic (exact) mass is 434 g/mol. The molecule has 0 spiro atoms. The smallest absolute Gasteiger partial charge is 0.410 e. The predicted molar refractivity (Wildman–Crippen MR) is 123 cm³/mol. The summed E-state index contributed by atoms with van der Waals surface area (Å²) in [6.45, 7) is 10.5. The van der Waals surface area contributed by atoms with Crippen molar-refractivity contribution in [3.05, 3.63) is 70.4 Å². The van der Waals surface area contributed by atoms with Crippen LogP contribution in [0.3, 0.4) is 0 Å². The minimum absolute atomic E-state index is 0.346. The van der Waals surface area contributed by atoms with Crippen LogP contribution in [0.2, 0.25) is 0 Å². The van der Waals surface area contributed by atoms with Gasteiger partial charge in [0.05, 0.1) is 30.2 Å². The van der Waals surface area contributed by atoms with Gasteiger partial charge in [0.1, 0.15) is 11.8 Å². The molecule has 0 radical (unpaired) electrons. The highest BCUT2D eigenvalue weighted by Gasteiger charge is 2.34. The van der Waals surface area contributed by atoms with Gasteiger partial charge in [-0.2, -0.15) is 5.10 Å². The quantitative estimate of drug-likeness (QED) is 0.598. The molecule has 2 heterocycles. The molecular weight excluding hydrogens is 404 g/mol. The summed E-state index contributed by atoms with van der Waals surface area (Å²) in [5.41, 5.74) is 12.7. The Labute approximate surface area is 188 Å². The van der Waals surface area contributed by atoms with E-state index >= 15 is 0 Å².